The topological polar surface area (TPSA) is 55.8 Å². The normalized spacial score (nSPS) is 9.44. The van der Waals surface area contributed by atoms with Crippen LogP contribution in [0.4, 0.5) is 9.59 Å². The summed E-state index contributed by atoms with van der Waals surface area (Å²) in [6, 6.07) is 6.91. The molecule has 0 spiro atoms. The monoisotopic (exact) mass is 223 g/mol. The van der Waals surface area contributed by atoms with E-state index in [1.807, 2.05) is 6.92 Å². The van der Waals surface area contributed by atoms with Crippen molar-refractivity contribution in [2.24, 2.45) is 0 Å². The van der Waals surface area contributed by atoms with Crippen LogP contribution in [0, 0.1) is 6.92 Å². The van der Waals surface area contributed by atoms with Gasteiger partial charge in [0.05, 0.1) is 7.11 Å². The summed E-state index contributed by atoms with van der Waals surface area (Å²) >= 11 is 0. The van der Waals surface area contributed by atoms with Gasteiger partial charge in [-0.05, 0) is 19.1 Å². The van der Waals surface area contributed by atoms with E-state index in [2.05, 4.69) is 4.74 Å². The number of nitrogens with zero attached hydrogens (tertiary/aromatic N) is 1. The Balaban J connectivity index is 2.64. The van der Waals surface area contributed by atoms with E-state index in [4.69, 9.17) is 4.74 Å². The molecule has 1 aromatic carbocycles. The third kappa shape index (κ3) is 2.98. The van der Waals surface area contributed by atoms with Gasteiger partial charge in [-0.15, -0.1) is 0 Å². The van der Waals surface area contributed by atoms with E-state index in [-0.39, 0.29) is 0 Å². The van der Waals surface area contributed by atoms with Crippen molar-refractivity contribution in [3.63, 3.8) is 0 Å². The van der Waals surface area contributed by atoms with Crippen LogP contribution in [0.5, 0.6) is 5.75 Å². The van der Waals surface area contributed by atoms with Crippen LogP contribution in [-0.2, 0) is 4.74 Å². The summed E-state index contributed by atoms with van der Waals surface area (Å²) in [4.78, 5) is 23.2. The van der Waals surface area contributed by atoms with Crippen LogP contribution in [-0.4, -0.2) is 31.2 Å². The molecule has 0 atom stereocenters. The molecule has 0 aliphatic carbocycles. The minimum Gasteiger partial charge on any atom is -0.452 e. The fraction of sp³-hybridized carbons (Fsp3) is 0.273. The average molecular weight is 223 g/mol. The Labute approximate surface area is 93.6 Å². The fourth-order valence-corrected chi connectivity index (χ4v) is 0.987. The van der Waals surface area contributed by atoms with Crippen LogP contribution in [0.3, 0.4) is 0 Å². The second-order valence-corrected chi connectivity index (χ2v) is 3.21. The number of methoxy groups -OCH3 is 1. The fourth-order valence-electron chi connectivity index (χ4n) is 0.987. The number of ether oxygens (including phenoxy) is 2. The van der Waals surface area contributed by atoms with Gasteiger partial charge >= 0.3 is 12.2 Å². The maximum Gasteiger partial charge on any atom is 0.424 e. The Morgan fingerprint density at radius 1 is 1.12 bits per heavy atom. The van der Waals surface area contributed by atoms with Crippen LogP contribution in [0.1, 0.15) is 5.56 Å². The highest BCUT2D eigenvalue weighted by Gasteiger charge is 2.18. The molecule has 0 bridgehead atoms. The highest BCUT2D eigenvalue weighted by molar-refractivity contribution is 5.88. The number of carbonyl (C=O) groups is 2. The van der Waals surface area contributed by atoms with Gasteiger partial charge in [-0.2, -0.15) is 0 Å². The SMILES string of the molecule is COC(=O)N(C)C(=O)Oc1ccc(C)cc1. The Morgan fingerprint density at radius 3 is 2.19 bits per heavy atom. The smallest absolute Gasteiger partial charge is 0.424 e. The predicted octanol–water partition coefficient (Wildman–Crippen LogP) is 2.19. The summed E-state index contributed by atoms with van der Waals surface area (Å²) in [7, 11) is 2.47. The van der Waals surface area contributed by atoms with E-state index >= 15 is 0 Å². The lowest BCUT2D eigenvalue weighted by Crippen LogP contribution is -2.35. The Bertz CT molecular complexity index is 385. The minimum atomic E-state index is -0.782. The molecule has 0 saturated carbocycles. The lowest BCUT2D eigenvalue weighted by atomic mass is 10.2. The molecule has 2 amide bonds. The number of hydrogen-bond acceptors (Lipinski definition) is 4. The van der Waals surface area contributed by atoms with Crippen molar-refractivity contribution in [3.05, 3.63) is 29.8 Å². The molecule has 0 aromatic heterocycles. The molecule has 1 rings (SSSR count). The largest absolute Gasteiger partial charge is 0.452 e. The molecule has 0 heterocycles. The summed E-state index contributed by atoms with van der Waals surface area (Å²) in [5.41, 5.74) is 1.06. The first-order chi connectivity index (χ1) is 7.54. The van der Waals surface area contributed by atoms with Gasteiger partial charge in [0.15, 0.2) is 0 Å². The van der Waals surface area contributed by atoms with E-state index in [0.717, 1.165) is 10.5 Å². The van der Waals surface area contributed by atoms with Crippen LogP contribution >= 0.6 is 0 Å². The lowest BCUT2D eigenvalue weighted by Gasteiger charge is -2.13. The number of carbonyl (C=O) groups excluding carboxylic acids is 2. The zero-order chi connectivity index (χ0) is 12.1. The molecule has 5 heteroatoms. The van der Waals surface area contributed by atoms with Gasteiger partial charge in [0, 0.05) is 7.05 Å². The summed E-state index contributed by atoms with van der Waals surface area (Å²) in [6.45, 7) is 1.92. The number of hydrogen-bond donors (Lipinski definition) is 0. The van der Waals surface area contributed by atoms with Gasteiger partial charge in [0.2, 0.25) is 0 Å². The molecular weight excluding hydrogens is 210 g/mol. The Morgan fingerprint density at radius 2 is 1.69 bits per heavy atom. The van der Waals surface area contributed by atoms with Crippen molar-refractivity contribution < 1.29 is 19.1 Å². The first kappa shape index (κ1) is 12.0. The van der Waals surface area contributed by atoms with Gasteiger partial charge in [0.25, 0.3) is 0 Å². The summed E-state index contributed by atoms with van der Waals surface area (Å²) in [6.07, 6.45) is -1.55. The number of benzene rings is 1. The maximum atomic E-state index is 11.4. The lowest BCUT2D eigenvalue weighted by molar-refractivity contribution is 0.121. The van der Waals surface area contributed by atoms with Crippen LogP contribution in [0.15, 0.2) is 24.3 Å². The molecule has 0 aliphatic rings. The first-order valence-electron chi connectivity index (χ1n) is 4.64. The molecule has 5 nitrogen and oxygen atoms in total. The van der Waals surface area contributed by atoms with Crippen molar-refractivity contribution in [2.45, 2.75) is 6.92 Å². The molecule has 0 saturated heterocycles. The molecule has 0 fully saturated rings. The second-order valence-electron chi connectivity index (χ2n) is 3.21. The summed E-state index contributed by atoms with van der Waals surface area (Å²) in [5.74, 6) is 0.381. The molecule has 0 aliphatic heterocycles. The van der Waals surface area contributed by atoms with Crippen molar-refractivity contribution >= 4 is 12.2 Å². The first-order valence-corrected chi connectivity index (χ1v) is 4.64. The number of imide groups is 1. The minimum absolute atomic E-state index is 0.381. The van der Waals surface area contributed by atoms with Crippen molar-refractivity contribution in [3.8, 4) is 5.75 Å². The zero-order valence-electron chi connectivity index (χ0n) is 9.39. The number of aryl methyl sites for hydroxylation is 1. The van der Waals surface area contributed by atoms with Crippen molar-refractivity contribution in [2.75, 3.05) is 14.2 Å². The van der Waals surface area contributed by atoms with Gasteiger partial charge in [-0.1, -0.05) is 17.7 Å². The van der Waals surface area contributed by atoms with Crippen LogP contribution < -0.4 is 4.74 Å². The third-order valence-electron chi connectivity index (χ3n) is 1.95. The molecule has 1 aromatic rings. The second kappa shape index (κ2) is 5.16. The van der Waals surface area contributed by atoms with Gasteiger partial charge in [-0.3, -0.25) is 0 Å². The molecule has 86 valence electrons. The highest BCUT2D eigenvalue weighted by Crippen LogP contribution is 2.12. The third-order valence-corrected chi connectivity index (χ3v) is 1.95. The van der Waals surface area contributed by atoms with Gasteiger partial charge in [0.1, 0.15) is 5.75 Å². The maximum absolute atomic E-state index is 11.4. The van der Waals surface area contributed by atoms with Gasteiger partial charge in [-0.25, -0.2) is 14.5 Å². The molecule has 0 unspecified atom stereocenters. The predicted molar refractivity (Wildman–Crippen MR) is 57.4 cm³/mol. The summed E-state index contributed by atoms with van der Waals surface area (Å²) < 4.78 is 9.32. The van der Waals surface area contributed by atoms with E-state index in [0.29, 0.717) is 5.75 Å². The van der Waals surface area contributed by atoms with Crippen LogP contribution in [0.25, 0.3) is 0 Å². The zero-order valence-corrected chi connectivity index (χ0v) is 9.39. The van der Waals surface area contributed by atoms with Gasteiger partial charge < -0.3 is 9.47 Å². The van der Waals surface area contributed by atoms with E-state index in [1.165, 1.54) is 14.2 Å². The molecule has 0 N–H and O–H groups in total. The Kier molecular flexibility index (Phi) is 3.88. The standard InChI is InChI=1S/C11H13NO4/c1-8-4-6-9(7-5-8)16-11(14)12(2)10(13)15-3/h4-7H,1-3H3. The molecule has 16 heavy (non-hydrogen) atoms. The Hall–Kier alpha value is -2.04. The number of rotatable bonds is 1. The van der Waals surface area contributed by atoms with E-state index < -0.39 is 12.2 Å². The number of amides is 2. The summed E-state index contributed by atoms with van der Waals surface area (Å²) in [5, 5.41) is 0. The van der Waals surface area contributed by atoms with Crippen molar-refractivity contribution in [1.82, 2.24) is 4.90 Å². The highest BCUT2D eigenvalue weighted by atomic mass is 16.6. The quantitative estimate of drug-likeness (QED) is 0.732. The van der Waals surface area contributed by atoms with Crippen molar-refractivity contribution in [1.29, 1.82) is 0 Å². The molecular formula is C11H13NO4. The van der Waals surface area contributed by atoms with Crippen LogP contribution in [0.2, 0.25) is 0 Å². The van der Waals surface area contributed by atoms with E-state index in [9.17, 15) is 9.59 Å². The average Bonchev–Trinajstić information content (AvgIpc) is 2.30. The molecule has 0 radical (unpaired) electrons. The van der Waals surface area contributed by atoms with E-state index in [1.54, 1.807) is 24.3 Å².